The van der Waals surface area contributed by atoms with Crippen molar-refractivity contribution in [3.05, 3.63) is 0 Å². The highest BCUT2D eigenvalue weighted by Gasteiger charge is 2.03. The lowest BCUT2D eigenvalue weighted by Gasteiger charge is -2.20. The van der Waals surface area contributed by atoms with Crippen LogP contribution in [0, 0.1) is 5.92 Å². The zero-order valence-corrected chi connectivity index (χ0v) is 12.1. The first-order valence-electron chi connectivity index (χ1n) is 7.05. The van der Waals surface area contributed by atoms with Crippen LogP contribution in [0.4, 0.5) is 0 Å². The molecule has 0 aromatic carbocycles. The summed E-state index contributed by atoms with van der Waals surface area (Å²) in [7, 11) is 0. The predicted octanol–water partition coefficient (Wildman–Crippen LogP) is 3.13. The van der Waals surface area contributed by atoms with Crippen molar-refractivity contribution in [3.63, 3.8) is 0 Å². The Morgan fingerprint density at radius 2 is 1.62 bits per heavy atom. The maximum Gasteiger partial charge on any atom is 0.00392 e. The van der Waals surface area contributed by atoms with Crippen LogP contribution in [-0.2, 0) is 0 Å². The van der Waals surface area contributed by atoms with Crippen molar-refractivity contribution >= 4 is 0 Å². The number of hydrogen-bond donors (Lipinski definition) is 1. The van der Waals surface area contributed by atoms with Gasteiger partial charge in [0.1, 0.15) is 0 Å². The molecule has 2 nitrogen and oxygen atoms in total. The van der Waals surface area contributed by atoms with E-state index in [4.69, 9.17) is 0 Å². The van der Waals surface area contributed by atoms with Gasteiger partial charge in [-0.3, -0.25) is 0 Å². The number of nitrogens with zero attached hydrogens (tertiary/aromatic N) is 1. The zero-order valence-electron chi connectivity index (χ0n) is 12.1. The molecule has 0 aromatic rings. The largest absolute Gasteiger partial charge is 0.314 e. The number of nitrogens with one attached hydrogen (secondary N) is 1. The Bertz CT molecular complexity index is 142. The minimum Gasteiger partial charge on any atom is -0.314 e. The molecule has 1 N–H and O–H groups in total. The molecule has 1 atom stereocenters. The van der Waals surface area contributed by atoms with Crippen LogP contribution in [0.1, 0.15) is 53.9 Å². The molecule has 0 bridgehead atoms. The normalized spacial score (nSPS) is 13.7. The standard InChI is InChI=1S/C14H32N2/c1-6-16(7-2)12-8-9-14(5)15-11-10-13(3)4/h13-15H,6-12H2,1-5H3. The monoisotopic (exact) mass is 228 g/mol. The fourth-order valence-corrected chi connectivity index (χ4v) is 1.88. The van der Waals surface area contributed by atoms with E-state index in [1.807, 2.05) is 0 Å². The van der Waals surface area contributed by atoms with Gasteiger partial charge in [0.05, 0.1) is 0 Å². The van der Waals surface area contributed by atoms with Crippen LogP contribution >= 0.6 is 0 Å². The van der Waals surface area contributed by atoms with Gasteiger partial charge in [-0.15, -0.1) is 0 Å². The highest BCUT2D eigenvalue weighted by atomic mass is 15.1. The molecule has 0 radical (unpaired) electrons. The van der Waals surface area contributed by atoms with Crippen molar-refractivity contribution in [2.75, 3.05) is 26.2 Å². The molecule has 0 saturated heterocycles. The molecule has 0 aliphatic rings. The van der Waals surface area contributed by atoms with Gasteiger partial charge in [-0.05, 0) is 58.3 Å². The SMILES string of the molecule is CCN(CC)CCCC(C)NCCC(C)C. The average Bonchev–Trinajstić information content (AvgIpc) is 2.24. The first kappa shape index (κ1) is 15.9. The van der Waals surface area contributed by atoms with Crippen molar-refractivity contribution in [3.8, 4) is 0 Å². The molecule has 0 aliphatic carbocycles. The summed E-state index contributed by atoms with van der Waals surface area (Å²) in [6, 6.07) is 0.675. The maximum atomic E-state index is 3.61. The summed E-state index contributed by atoms with van der Waals surface area (Å²) < 4.78 is 0. The third-order valence-electron chi connectivity index (χ3n) is 3.22. The summed E-state index contributed by atoms with van der Waals surface area (Å²) in [6.07, 6.45) is 3.91. The van der Waals surface area contributed by atoms with Crippen molar-refractivity contribution in [1.29, 1.82) is 0 Å². The lowest BCUT2D eigenvalue weighted by molar-refractivity contribution is 0.290. The molecule has 16 heavy (non-hydrogen) atoms. The molecule has 0 spiro atoms. The minimum absolute atomic E-state index is 0.675. The molecule has 0 rings (SSSR count). The van der Waals surface area contributed by atoms with Gasteiger partial charge in [0.2, 0.25) is 0 Å². The van der Waals surface area contributed by atoms with E-state index in [9.17, 15) is 0 Å². The minimum atomic E-state index is 0.675. The van der Waals surface area contributed by atoms with E-state index in [2.05, 4.69) is 44.8 Å². The van der Waals surface area contributed by atoms with Gasteiger partial charge in [-0.2, -0.15) is 0 Å². The first-order chi connectivity index (χ1) is 7.60. The van der Waals surface area contributed by atoms with Crippen molar-refractivity contribution in [1.82, 2.24) is 10.2 Å². The van der Waals surface area contributed by atoms with Crippen LogP contribution in [0.3, 0.4) is 0 Å². The third-order valence-corrected chi connectivity index (χ3v) is 3.22. The van der Waals surface area contributed by atoms with E-state index < -0.39 is 0 Å². The molecule has 98 valence electrons. The Labute approximate surface area is 103 Å². The van der Waals surface area contributed by atoms with Crippen LogP contribution in [-0.4, -0.2) is 37.1 Å². The summed E-state index contributed by atoms with van der Waals surface area (Å²) in [4.78, 5) is 2.50. The second-order valence-electron chi connectivity index (χ2n) is 5.21. The summed E-state index contributed by atoms with van der Waals surface area (Å²) in [5.74, 6) is 0.815. The molecule has 0 aliphatic heterocycles. The number of hydrogen-bond acceptors (Lipinski definition) is 2. The molecule has 0 fully saturated rings. The first-order valence-corrected chi connectivity index (χ1v) is 7.05. The molecule has 1 unspecified atom stereocenters. The van der Waals surface area contributed by atoms with E-state index in [-0.39, 0.29) is 0 Å². The zero-order chi connectivity index (χ0) is 12.4. The Kier molecular flexibility index (Phi) is 10.0. The topological polar surface area (TPSA) is 15.3 Å². The van der Waals surface area contributed by atoms with Crippen LogP contribution in [0.25, 0.3) is 0 Å². The lowest BCUT2D eigenvalue weighted by Crippen LogP contribution is -2.30. The Morgan fingerprint density at radius 3 is 2.12 bits per heavy atom. The van der Waals surface area contributed by atoms with Gasteiger partial charge >= 0.3 is 0 Å². The summed E-state index contributed by atoms with van der Waals surface area (Å²) in [5.41, 5.74) is 0. The van der Waals surface area contributed by atoms with E-state index >= 15 is 0 Å². The van der Waals surface area contributed by atoms with Gasteiger partial charge in [-0.25, -0.2) is 0 Å². The van der Waals surface area contributed by atoms with Gasteiger partial charge in [0, 0.05) is 6.04 Å². The maximum absolute atomic E-state index is 3.61. The van der Waals surface area contributed by atoms with E-state index in [0.29, 0.717) is 6.04 Å². The fourth-order valence-electron chi connectivity index (χ4n) is 1.88. The molecular weight excluding hydrogens is 196 g/mol. The van der Waals surface area contributed by atoms with Crippen LogP contribution in [0.15, 0.2) is 0 Å². The smallest absolute Gasteiger partial charge is 0.00392 e. The Balaban J connectivity index is 3.39. The lowest BCUT2D eigenvalue weighted by atomic mass is 10.1. The molecule has 0 aromatic heterocycles. The van der Waals surface area contributed by atoms with Crippen LogP contribution in [0.2, 0.25) is 0 Å². The molecule has 0 amide bonds. The van der Waals surface area contributed by atoms with Crippen LogP contribution < -0.4 is 5.32 Å². The quantitative estimate of drug-likeness (QED) is 0.618. The predicted molar refractivity (Wildman–Crippen MR) is 73.9 cm³/mol. The highest BCUT2D eigenvalue weighted by molar-refractivity contribution is 4.63. The second kappa shape index (κ2) is 10.1. The van der Waals surface area contributed by atoms with Gasteiger partial charge in [0.15, 0.2) is 0 Å². The van der Waals surface area contributed by atoms with Crippen molar-refractivity contribution in [2.24, 2.45) is 5.92 Å². The van der Waals surface area contributed by atoms with Crippen molar-refractivity contribution in [2.45, 2.75) is 59.9 Å². The summed E-state index contributed by atoms with van der Waals surface area (Å²) in [5, 5.41) is 3.61. The molecule has 0 heterocycles. The number of rotatable bonds is 10. The summed E-state index contributed by atoms with van der Waals surface area (Å²) >= 11 is 0. The van der Waals surface area contributed by atoms with E-state index in [0.717, 1.165) is 5.92 Å². The third kappa shape index (κ3) is 9.17. The van der Waals surface area contributed by atoms with E-state index in [1.165, 1.54) is 45.4 Å². The highest BCUT2D eigenvalue weighted by Crippen LogP contribution is 2.01. The second-order valence-corrected chi connectivity index (χ2v) is 5.21. The molecule has 0 saturated carbocycles. The molecular formula is C14H32N2. The average molecular weight is 228 g/mol. The summed E-state index contributed by atoms with van der Waals surface area (Å²) in [6.45, 7) is 16.2. The molecule has 2 heteroatoms. The van der Waals surface area contributed by atoms with Gasteiger partial charge in [-0.1, -0.05) is 27.7 Å². The Hall–Kier alpha value is -0.0800. The van der Waals surface area contributed by atoms with Gasteiger partial charge < -0.3 is 10.2 Å². The van der Waals surface area contributed by atoms with Crippen molar-refractivity contribution < 1.29 is 0 Å². The Morgan fingerprint density at radius 1 is 1.00 bits per heavy atom. The van der Waals surface area contributed by atoms with Crippen LogP contribution in [0.5, 0.6) is 0 Å². The fraction of sp³-hybridized carbons (Fsp3) is 1.00. The van der Waals surface area contributed by atoms with Gasteiger partial charge in [0.25, 0.3) is 0 Å². The van der Waals surface area contributed by atoms with E-state index in [1.54, 1.807) is 0 Å².